The lowest BCUT2D eigenvalue weighted by molar-refractivity contribution is 0.199. The Hall–Kier alpha value is -1.81. The SMILES string of the molecule is CCOc1cnn(-c2ccccc2[C@H](C)O)c1. The highest BCUT2D eigenvalue weighted by molar-refractivity contribution is 5.42. The number of benzene rings is 1. The van der Waals surface area contributed by atoms with Crippen molar-refractivity contribution in [3.8, 4) is 11.4 Å². The quantitative estimate of drug-likeness (QED) is 0.880. The molecule has 0 fully saturated rings. The Kier molecular flexibility index (Phi) is 3.44. The van der Waals surface area contributed by atoms with Gasteiger partial charge >= 0.3 is 0 Å². The van der Waals surface area contributed by atoms with Gasteiger partial charge in [0.1, 0.15) is 0 Å². The number of aliphatic hydroxyl groups excluding tert-OH is 1. The molecule has 0 saturated heterocycles. The fourth-order valence-electron chi connectivity index (χ4n) is 1.73. The van der Waals surface area contributed by atoms with E-state index in [0.717, 1.165) is 17.0 Å². The van der Waals surface area contributed by atoms with E-state index >= 15 is 0 Å². The molecule has 1 aromatic carbocycles. The van der Waals surface area contributed by atoms with Crippen molar-refractivity contribution < 1.29 is 9.84 Å². The van der Waals surface area contributed by atoms with E-state index in [0.29, 0.717) is 6.61 Å². The molecule has 2 aromatic rings. The van der Waals surface area contributed by atoms with Gasteiger partial charge in [-0.3, -0.25) is 0 Å². The molecule has 0 saturated carbocycles. The first-order valence-electron chi connectivity index (χ1n) is 5.67. The number of nitrogens with zero attached hydrogens (tertiary/aromatic N) is 2. The topological polar surface area (TPSA) is 47.3 Å². The largest absolute Gasteiger partial charge is 0.491 e. The first kappa shape index (κ1) is 11.7. The Labute approximate surface area is 100 Å². The predicted octanol–water partition coefficient (Wildman–Crippen LogP) is 2.32. The van der Waals surface area contributed by atoms with Crippen LogP contribution >= 0.6 is 0 Å². The maximum Gasteiger partial charge on any atom is 0.157 e. The van der Waals surface area contributed by atoms with E-state index in [9.17, 15) is 5.11 Å². The molecule has 0 bridgehead atoms. The molecule has 0 spiro atoms. The third-order valence-corrected chi connectivity index (χ3v) is 2.50. The molecule has 0 aliphatic carbocycles. The maximum atomic E-state index is 9.70. The minimum Gasteiger partial charge on any atom is -0.491 e. The van der Waals surface area contributed by atoms with Crippen LogP contribution in [0.4, 0.5) is 0 Å². The zero-order valence-corrected chi connectivity index (χ0v) is 10.00. The number of ether oxygens (including phenoxy) is 1. The highest BCUT2D eigenvalue weighted by Crippen LogP contribution is 2.22. The molecular weight excluding hydrogens is 216 g/mol. The van der Waals surface area contributed by atoms with Crippen molar-refractivity contribution in [2.75, 3.05) is 6.61 Å². The first-order chi connectivity index (χ1) is 8.22. The van der Waals surface area contributed by atoms with Crippen molar-refractivity contribution in [3.63, 3.8) is 0 Å². The van der Waals surface area contributed by atoms with Crippen LogP contribution in [-0.4, -0.2) is 21.5 Å². The van der Waals surface area contributed by atoms with Crippen LogP contribution in [-0.2, 0) is 0 Å². The number of rotatable bonds is 4. The molecule has 2 rings (SSSR count). The van der Waals surface area contributed by atoms with Crippen LogP contribution in [0.5, 0.6) is 5.75 Å². The molecule has 0 unspecified atom stereocenters. The smallest absolute Gasteiger partial charge is 0.157 e. The summed E-state index contributed by atoms with van der Waals surface area (Å²) in [4.78, 5) is 0. The van der Waals surface area contributed by atoms with Crippen LogP contribution in [0, 0.1) is 0 Å². The Morgan fingerprint density at radius 1 is 1.41 bits per heavy atom. The standard InChI is InChI=1S/C13H16N2O2/c1-3-17-11-8-14-15(9-11)13-7-5-4-6-12(13)10(2)16/h4-10,16H,3H2,1-2H3/t10-/m0/s1. The minimum absolute atomic E-state index is 0.522. The molecule has 0 aliphatic rings. The summed E-state index contributed by atoms with van der Waals surface area (Å²) in [6, 6.07) is 7.63. The number of hydrogen-bond donors (Lipinski definition) is 1. The van der Waals surface area contributed by atoms with E-state index in [4.69, 9.17) is 4.74 Å². The molecule has 0 amide bonds. The normalized spacial score (nSPS) is 12.4. The van der Waals surface area contributed by atoms with Crippen molar-refractivity contribution in [2.24, 2.45) is 0 Å². The molecule has 4 heteroatoms. The van der Waals surface area contributed by atoms with Gasteiger partial charge in [0.15, 0.2) is 5.75 Å². The van der Waals surface area contributed by atoms with Gasteiger partial charge in [-0.05, 0) is 19.9 Å². The lowest BCUT2D eigenvalue weighted by Crippen LogP contribution is -2.02. The number of aliphatic hydroxyl groups is 1. The molecule has 1 atom stereocenters. The number of para-hydroxylation sites is 1. The van der Waals surface area contributed by atoms with Gasteiger partial charge in [0.05, 0.1) is 30.8 Å². The highest BCUT2D eigenvalue weighted by atomic mass is 16.5. The lowest BCUT2D eigenvalue weighted by atomic mass is 10.1. The molecule has 0 aliphatic heterocycles. The Bertz CT molecular complexity index is 492. The second kappa shape index (κ2) is 5.01. The summed E-state index contributed by atoms with van der Waals surface area (Å²) in [7, 11) is 0. The van der Waals surface area contributed by atoms with E-state index in [1.54, 1.807) is 17.8 Å². The first-order valence-corrected chi connectivity index (χ1v) is 5.67. The summed E-state index contributed by atoms with van der Waals surface area (Å²) in [5, 5.41) is 13.9. The third kappa shape index (κ3) is 2.47. The molecule has 17 heavy (non-hydrogen) atoms. The second-order valence-corrected chi connectivity index (χ2v) is 3.79. The van der Waals surface area contributed by atoms with Crippen molar-refractivity contribution in [1.82, 2.24) is 9.78 Å². The molecule has 1 N–H and O–H groups in total. The van der Waals surface area contributed by atoms with Gasteiger partial charge in [0.2, 0.25) is 0 Å². The van der Waals surface area contributed by atoms with Gasteiger partial charge in [-0.2, -0.15) is 5.10 Å². The zero-order valence-electron chi connectivity index (χ0n) is 10.00. The van der Waals surface area contributed by atoms with Crippen molar-refractivity contribution >= 4 is 0 Å². The lowest BCUT2D eigenvalue weighted by Gasteiger charge is -2.11. The average molecular weight is 232 g/mol. The third-order valence-electron chi connectivity index (χ3n) is 2.50. The van der Waals surface area contributed by atoms with E-state index in [1.807, 2.05) is 37.4 Å². The zero-order chi connectivity index (χ0) is 12.3. The van der Waals surface area contributed by atoms with Crippen LogP contribution in [0.3, 0.4) is 0 Å². The van der Waals surface area contributed by atoms with Crippen molar-refractivity contribution in [2.45, 2.75) is 20.0 Å². The summed E-state index contributed by atoms with van der Waals surface area (Å²) in [6.45, 7) is 4.29. The van der Waals surface area contributed by atoms with Crippen molar-refractivity contribution in [1.29, 1.82) is 0 Å². The fraction of sp³-hybridized carbons (Fsp3) is 0.308. The van der Waals surface area contributed by atoms with Crippen LogP contribution in [0.2, 0.25) is 0 Å². The van der Waals surface area contributed by atoms with Crippen LogP contribution in [0.1, 0.15) is 25.5 Å². The molecule has 90 valence electrons. The highest BCUT2D eigenvalue weighted by Gasteiger charge is 2.10. The van der Waals surface area contributed by atoms with E-state index in [2.05, 4.69) is 5.10 Å². The van der Waals surface area contributed by atoms with Crippen LogP contribution in [0.25, 0.3) is 5.69 Å². The van der Waals surface area contributed by atoms with Crippen LogP contribution < -0.4 is 4.74 Å². The van der Waals surface area contributed by atoms with E-state index < -0.39 is 6.10 Å². The van der Waals surface area contributed by atoms with Gasteiger partial charge < -0.3 is 9.84 Å². The van der Waals surface area contributed by atoms with Gasteiger partial charge in [0, 0.05) is 5.56 Å². The van der Waals surface area contributed by atoms with E-state index in [1.165, 1.54) is 0 Å². The van der Waals surface area contributed by atoms with Crippen LogP contribution in [0.15, 0.2) is 36.7 Å². The molecule has 4 nitrogen and oxygen atoms in total. The fourth-order valence-corrected chi connectivity index (χ4v) is 1.73. The Morgan fingerprint density at radius 3 is 2.88 bits per heavy atom. The average Bonchev–Trinajstić information content (AvgIpc) is 2.78. The van der Waals surface area contributed by atoms with Gasteiger partial charge in [-0.25, -0.2) is 4.68 Å². The minimum atomic E-state index is -0.522. The molecule has 1 heterocycles. The van der Waals surface area contributed by atoms with Gasteiger partial charge in [-0.1, -0.05) is 18.2 Å². The maximum absolute atomic E-state index is 9.70. The summed E-state index contributed by atoms with van der Waals surface area (Å²) < 4.78 is 7.08. The number of aromatic nitrogens is 2. The molecular formula is C13H16N2O2. The Morgan fingerprint density at radius 2 is 2.18 bits per heavy atom. The molecule has 0 radical (unpaired) electrons. The summed E-state index contributed by atoms with van der Waals surface area (Å²) in [5.41, 5.74) is 1.71. The summed E-state index contributed by atoms with van der Waals surface area (Å²) in [6.07, 6.45) is 2.96. The number of hydrogen-bond acceptors (Lipinski definition) is 3. The predicted molar refractivity (Wildman–Crippen MR) is 65.4 cm³/mol. The van der Waals surface area contributed by atoms with E-state index in [-0.39, 0.29) is 0 Å². The second-order valence-electron chi connectivity index (χ2n) is 3.79. The Balaban J connectivity index is 2.38. The summed E-state index contributed by atoms with van der Waals surface area (Å²) >= 11 is 0. The summed E-state index contributed by atoms with van der Waals surface area (Å²) in [5.74, 6) is 0.730. The van der Waals surface area contributed by atoms with Crippen molar-refractivity contribution in [3.05, 3.63) is 42.2 Å². The molecule has 1 aromatic heterocycles. The monoisotopic (exact) mass is 232 g/mol. The van der Waals surface area contributed by atoms with Gasteiger partial charge in [-0.15, -0.1) is 0 Å². The van der Waals surface area contributed by atoms with Gasteiger partial charge in [0.25, 0.3) is 0 Å².